The van der Waals surface area contributed by atoms with Crippen molar-refractivity contribution in [2.75, 3.05) is 0 Å². The average molecular weight is 354 g/mol. The largest absolute Gasteiger partial charge is 0.457 e. The lowest BCUT2D eigenvalue weighted by molar-refractivity contribution is 0.0472. The summed E-state index contributed by atoms with van der Waals surface area (Å²) in [6.07, 6.45) is 0. The highest BCUT2D eigenvalue weighted by molar-refractivity contribution is 5.89. The van der Waals surface area contributed by atoms with Gasteiger partial charge < -0.3 is 9.47 Å². The molecule has 0 bridgehead atoms. The molecule has 0 aromatic heterocycles. The third-order valence-corrected chi connectivity index (χ3v) is 3.79. The summed E-state index contributed by atoms with van der Waals surface area (Å²) in [5.74, 6) is 0.298. The van der Waals surface area contributed by atoms with Crippen molar-refractivity contribution in [1.82, 2.24) is 0 Å². The van der Waals surface area contributed by atoms with E-state index in [1.54, 1.807) is 42.5 Å². The van der Waals surface area contributed by atoms with Gasteiger partial charge in [0.25, 0.3) is 0 Å². The molecule has 0 spiro atoms. The Balaban J connectivity index is 1.68. The molecule has 5 heteroatoms. The fourth-order valence-corrected chi connectivity index (χ4v) is 2.42. The van der Waals surface area contributed by atoms with E-state index in [1.807, 2.05) is 42.5 Å². The van der Waals surface area contributed by atoms with Gasteiger partial charge in [-0.1, -0.05) is 36.4 Å². The molecule has 3 rings (SSSR count). The van der Waals surface area contributed by atoms with Crippen molar-refractivity contribution in [3.8, 4) is 23.6 Å². The molecule has 0 aliphatic heterocycles. The molecule has 0 fully saturated rings. The van der Waals surface area contributed by atoms with Crippen LogP contribution in [-0.4, -0.2) is 5.97 Å². The molecule has 5 nitrogen and oxygen atoms in total. The number of carbonyl (C=O) groups is 1. The van der Waals surface area contributed by atoms with Crippen LogP contribution >= 0.6 is 0 Å². The lowest BCUT2D eigenvalue weighted by Crippen LogP contribution is -2.05. The first-order valence-corrected chi connectivity index (χ1v) is 8.13. The summed E-state index contributed by atoms with van der Waals surface area (Å²) < 4.78 is 11.0. The molecule has 0 radical (unpaired) electrons. The molecule has 0 saturated carbocycles. The molecule has 27 heavy (non-hydrogen) atoms. The molecule has 0 unspecified atom stereocenters. The van der Waals surface area contributed by atoms with Crippen molar-refractivity contribution in [3.05, 3.63) is 95.1 Å². The second-order valence-corrected chi connectivity index (χ2v) is 5.59. The minimum Gasteiger partial charge on any atom is -0.457 e. The van der Waals surface area contributed by atoms with Crippen molar-refractivity contribution in [2.45, 2.75) is 6.61 Å². The van der Waals surface area contributed by atoms with Crippen LogP contribution in [0.4, 0.5) is 0 Å². The van der Waals surface area contributed by atoms with Gasteiger partial charge in [-0.05, 0) is 42.0 Å². The number of hydrogen-bond donors (Lipinski definition) is 0. The minimum absolute atomic E-state index is 0.173. The molecule has 3 aromatic carbocycles. The zero-order valence-electron chi connectivity index (χ0n) is 14.3. The highest BCUT2D eigenvalue weighted by atomic mass is 16.5. The predicted molar refractivity (Wildman–Crippen MR) is 97.9 cm³/mol. The molecule has 0 atom stereocenters. The van der Waals surface area contributed by atoms with Gasteiger partial charge in [-0.15, -0.1) is 0 Å². The van der Waals surface area contributed by atoms with Crippen LogP contribution in [0.25, 0.3) is 0 Å². The third-order valence-electron chi connectivity index (χ3n) is 3.79. The van der Waals surface area contributed by atoms with Crippen LogP contribution < -0.4 is 4.74 Å². The standard InChI is InChI=1S/C22H14N2O3/c23-13-18-7-4-8-21(20(18)14-24)27-19-11-9-17(10-12-19)22(25)26-15-16-5-2-1-3-6-16/h1-12H,15H2. The van der Waals surface area contributed by atoms with E-state index in [2.05, 4.69) is 0 Å². The zero-order valence-corrected chi connectivity index (χ0v) is 14.3. The van der Waals surface area contributed by atoms with Gasteiger partial charge in [-0.3, -0.25) is 0 Å². The van der Waals surface area contributed by atoms with Crippen molar-refractivity contribution in [2.24, 2.45) is 0 Å². The maximum absolute atomic E-state index is 12.1. The topological polar surface area (TPSA) is 83.1 Å². The second kappa shape index (κ2) is 8.33. The Morgan fingerprint density at radius 2 is 1.59 bits per heavy atom. The average Bonchev–Trinajstić information content (AvgIpc) is 2.73. The first kappa shape index (κ1) is 17.7. The highest BCUT2D eigenvalue weighted by Crippen LogP contribution is 2.27. The molecular weight excluding hydrogens is 340 g/mol. The van der Waals surface area contributed by atoms with Gasteiger partial charge in [0.1, 0.15) is 35.8 Å². The Kier molecular flexibility index (Phi) is 5.47. The molecule has 0 N–H and O–H groups in total. The number of ether oxygens (including phenoxy) is 2. The fourth-order valence-electron chi connectivity index (χ4n) is 2.42. The first-order chi connectivity index (χ1) is 13.2. The summed E-state index contributed by atoms with van der Waals surface area (Å²) in [6, 6.07) is 24.6. The van der Waals surface area contributed by atoms with Crippen molar-refractivity contribution in [3.63, 3.8) is 0 Å². The van der Waals surface area contributed by atoms with Crippen LogP contribution in [0.1, 0.15) is 27.0 Å². The smallest absolute Gasteiger partial charge is 0.338 e. The predicted octanol–water partition coefficient (Wildman–Crippen LogP) is 4.58. The molecular formula is C22H14N2O3. The number of nitriles is 2. The quantitative estimate of drug-likeness (QED) is 0.626. The van der Waals surface area contributed by atoms with Gasteiger partial charge in [-0.2, -0.15) is 10.5 Å². The molecule has 0 saturated heterocycles. The molecule has 130 valence electrons. The van der Waals surface area contributed by atoms with Crippen molar-refractivity contribution >= 4 is 5.97 Å². The number of carbonyl (C=O) groups excluding carboxylic acids is 1. The van der Waals surface area contributed by atoms with Crippen LogP contribution in [0.3, 0.4) is 0 Å². The third kappa shape index (κ3) is 4.31. The van der Waals surface area contributed by atoms with Crippen LogP contribution in [0, 0.1) is 22.7 Å². The Bertz CT molecular complexity index is 1030. The maximum atomic E-state index is 12.1. The van der Waals surface area contributed by atoms with E-state index in [0.717, 1.165) is 5.56 Å². The van der Waals surface area contributed by atoms with Gasteiger partial charge in [0.2, 0.25) is 0 Å². The summed E-state index contributed by atoms with van der Waals surface area (Å²) in [5.41, 5.74) is 1.72. The number of benzene rings is 3. The van der Waals surface area contributed by atoms with E-state index in [0.29, 0.717) is 11.3 Å². The Labute approximate surface area is 156 Å². The van der Waals surface area contributed by atoms with Gasteiger partial charge in [-0.25, -0.2) is 4.79 Å². The van der Waals surface area contributed by atoms with Gasteiger partial charge in [0.05, 0.1) is 11.1 Å². The van der Waals surface area contributed by atoms with E-state index in [4.69, 9.17) is 14.7 Å². The zero-order chi connectivity index (χ0) is 19.1. The minimum atomic E-state index is -0.436. The molecule has 0 aliphatic carbocycles. The summed E-state index contributed by atoms with van der Waals surface area (Å²) in [7, 11) is 0. The van der Waals surface area contributed by atoms with Crippen LogP contribution in [0.5, 0.6) is 11.5 Å². The number of esters is 1. The van der Waals surface area contributed by atoms with E-state index >= 15 is 0 Å². The summed E-state index contributed by atoms with van der Waals surface area (Å²) in [4.78, 5) is 12.1. The number of hydrogen-bond acceptors (Lipinski definition) is 5. The maximum Gasteiger partial charge on any atom is 0.338 e. The number of nitrogens with zero attached hydrogens (tertiary/aromatic N) is 2. The Morgan fingerprint density at radius 3 is 2.26 bits per heavy atom. The van der Waals surface area contributed by atoms with Gasteiger partial charge >= 0.3 is 5.97 Å². The van der Waals surface area contributed by atoms with Crippen LogP contribution in [-0.2, 0) is 11.3 Å². The molecule has 0 heterocycles. The Morgan fingerprint density at radius 1 is 0.852 bits per heavy atom. The van der Waals surface area contributed by atoms with Crippen molar-refractivity contribution in [1.29, 1.82) is 10.5 Å². The van der Waals surface area contributed by atoms with E-state index in [1.165, 1.54) is 0 Å². The molecule has 0 amide bonds. The SMILES string of the molecule is N#Cc1cccc(Oc2ccc(C(=O)OCc3ccccc3)cc2)c1C#N. The van der Waals surface area contributed by atoms with Crippen molar-refractivity contribution < 1.29 is 14.3 Å². The van der Waals surface area contributed by atoms with E-state index < -0.39 is 5.97 Å². The molecule has 0 aliphatic rings. The Hall–Kier alpha value is -4.09. The van der Waals surface area contributed by atoms with Gasteiger partial charge in [0.15, 0.2) is 0 Å². The lowest BCUT2D eigenvalue weighted by atomic mass is 10.1. The van der Waals surface area contributed by atoms with E-state index in [-0.39, 0.29) is 23.5 Å². The van der Waals surface area contributed by atoms with Crippen LogP contribution in [0.2, 0.25) is 0 Å². The normalized spacial score (nSPS) is 9.70. The monoisotopic (exact) mass is 354 g/mol. The first-order valence-electron chi connectivity index (χ1n) is 8.13. The highest BCUT2D eigenvalue weighted by Gasteiger charge is 2.11. The summed E-state index contributed by atoms with van der Waals surface area (Å²) >= 11 is 0. The van der Waals surface area contributed by atoms with Crippen LogP contribution in [0.15, 0.2) is 72.8 Å². The fraction of sp³-hybridized carbons (Fsp3) is 0.0455. The summed E-state index contributed by atoms with van der Waals surface area (Å²) in [6.45, 7) is 0.199. The van der Waals surface area contributed by atoms with E-state index in [9.17, 15) is 10.1 Å². The number of rotatable bonds is 5. The lowest BCUT2D eigenvalue weighted by Gasteiger charge is -2.09. The van der Waals surface area contributed by atoms with Gasteiger partial charge in [0, 0.05) is 0 Å². The molecule has 3 aromatic rings. The second-order valence-electron chi connectivity index (χ2n) is 5.59. The summed E-state index contributed by atoms with van der Waals surface area (Å²) in [5, 5.41) is 18.3.